The van der Waals surface area contributed by atoms with Gasteiger partial charge in [-0.3, -0.25) is 9.59 Å². The van der Waals surface area contributed by atoms with E-state index in [-0.39, 0.29) is 35.7 Å². The first-order valence-corrected chi connectivity index (χ1v) is 6.88. The van der Waals surface area contributed by atoms with Gasteiger partial charge in [0.15, 0.2) is 11.6 Å². The molecule has 1 fully saturated rings. The third kappa shape index (κ3) is 3.15. The highest BCUT2D eigenvalue weighted by Crippen LogP contribution is 2.25. The van der Waals surface area contributed by atoms with Gasteiger partial charge in [-0.05, 0) is 38.0 Å². The van der Waals surface area contributed by atoms with Crippen LogP contribution in [-0.2, 0) is 4.79 Å². The Bertz CT molecular complexity index is 562. The predicted molar refractivity (Wildman–Crippen MR) is 75.4 cm³/mol. The lowest BCUT2D eigenvalue weighted by Gasteiger charge is -2.37. The zero-order valence-corrected chi connectivity index (χ0v) is 12.1. The second-order valence-electron chi connectivity index (χ2n) is 5.33. The van der Waals surface area contributed by atoms with Crippen LogP contribution in [0.25, 0.3) is 0 Å². The number of benzene rings is 1. The summed E-state index contributed by atoms with van der Waals surface area (Å²) >= 11 is 0. The Balaban J connectivity index is 2.21. The van der Waals surface area contributed by atoms with E-state index in [1.54, 1.807) is 4.90 Å². The first kappa shape index (κ1) is 15.3. The normalized spacial score (nSPS) is 22.0. The Hall–Kier alpha value is -2.11. The van der Waals surface area contributed by atoms with Gasteiger partial charge in [0.2, 0.25) is 5.91 Å². The molecule has 2 rings (SSSR count). The molecule has 114 valence electrons. The lowest BCUT2D eigenvalue weighted by molar-refractivity contribution is -0.123. The van der Waals surface area contributed by atoms with E-state index in [0.717, 1.165) is 6.07 Å². The molecule has 1 heterocycles. The van der Waals surface area contributed by atoms with E-state index < -0.39 is 11.7 Å². The lowest BCUT2D eigenvalue weighted by Crippen LogP contribution is -2.48. The van der Waals surface area contributed by atoms with Gasteiger partial charge in [0.1, 0.15) is 0 Å². The Morgan fingerprint density at radius 1 is 1.38 bits per heavy atom. The van der Waals surface area contributed by atoms with Crippen molar-refractivity contribution < 1.29 is 18.7 Å². The van der Waals surface area contributed by atoms with E-state index in [1.807, 2.05) is 6.92 Å². The largest absolute Gasteiger partial charge is 0.494 e. The van der Waals surface area contributed by atoms with Crippen LogP contribution in [0.2, 0.25) is 0 Å². The first-order chi connectivity index (χ1) is 9.93. The number of primary amides is 1. The van der Waals surface area contributed by atoms with Gasteiger partial charge in [0, 0.05) is 18.2 Å². The van der Waals surface area contributed by atoms with Crippen molar-refractivity contribution in [3.8, 4) is 5.75 Å². The molecule has 1 saturated heterocycles. The quantitative estimate of drug-likeness (QED) is 0.919. The molecule has 6 heteroatoms. The first-order valence-electron chi connectivity index (χ1n) is 6.88. The molecule has 0 aliphatic carbocycles. The number of methoxy groups -OCH3 is 1. The Morgan fingerprint density at radius 2 is 2.10 bits per heavy atom. The molecule has 0 bridgehead atoms. The summed E-state index contributed by atoms with van der Waals surface area (Å²) in [5.41, 5.74) is 5.56. The Kier molecular flexibility index (Phi) is 4.45. The fourth-order valence-electron chi connectivity index (χ4n) is 2.59. The smallest absolute Gasteiger partial charge is 0.254 e. The Morgan fingerprint density at radius 3 is 2.67 bits per heavy atom. The Labute approximate surface area is 122 Å². The average molecular weight is 294 g/mol. The molecule has 5 nitrogen and oxygen atoms in total. The van der Waals surface area contributed by atoms with Crippen molar-refractivity contribution >= 4 is 11.8 Å². The number of amides is 2. The van der Waals surface area contributed by atoms with Gasteiger partial charge in [0.25, 0.3) is 5.91 Å². The molecule has 1 aromatic rings. The number of hydrogen-bond acceptors (Lipinski definition) is 3. The van der Waals surface area contributed by atoms with Crippen LogP contribution in [0, 0.1) is 11.7 Å². The van der Waals surface area contributed by atoms with Crippen LogP contribution >= 0.6 is 0 Å². The maximum absolute atomic E-state index is 13.7. The van der Waals surface area contributed by atoms with Gasteiger partial charge in [-0.15, -0.1) is 0 Å². The number of halogens is 1. The summed E-state index contributed by atoms with van der Waals surface area (Å²) in [7, 11) is 1.37. The van der Waals surface area contributed by atoms with E-state index in [4.69, 9.17) is 10.5 Å². The van der Waals surface area contributed by atoms with Gasteiger partial charge < -0.3 is 15.4 Å². The molecule has 21 heavy (non-hydrogen) atoms. The predicted octanol–water partition coefficient (Wildman–Crippen LogP) is 1.56. The molecule has 2 unspecified atom stereocenters. The topological polar surface area (TPSA) is 72.6 Å². The molecule has 0 aromatic heterocycles. The zero-order valence-electron chi connectivity index (χ0n) is 12.1. The third-order valence-electron chi connectivity index (χ3n) is 3.94. The molecule has 1 aliphatic heterocycles. The van der Waals surface area contributed by atoms with E-state index in [0.29, 0.717) is 12.8 Å². The zero-order chi connectivity index (χ0) is 15.6. The highest BCUT2D eigenvalue weighted by molar-refractivity contribution is 5.95. The number of nitrogens with zero attached hydrogens (tertiary/aromatic N) is 1. The standard InChI is InChI=1S/C15H19FN2O3/c1-9-3-4-11(14(17)19)8-18(9)15(20)10-5-6-13(21-2)12(16)7-10/h5-7,9,11H,3-4,8H2,1-2H3,(H2,17,19). The van der Waals surface area contributed by atoms with Crippen molar-refractivity contribution in [3.63, 3.8) is 0 Å². The van der Waals surface area contributed by atoms with Crippen molar-refractivity contribution in [1.29, 1.82) is 0 Å². The minimum Gasteiger partial charge on any atom is -0.494 e. The van der Waals surface area contributed by atoms with Gasteiger partial charge in [-0.25, -0.2) is 4.39 Å². The maximum Gasteiger partial charge on any atom is 0.254 e. The van der Waals surface area contributed by atoms with Crippen LogP contribution in [0.5, 0.6) is 5.75 Å². The summed E-state index contributed by atoms with van der Waals surface area (Å²) in [5, 5.41) is 0. The minimum absolute atomic E-state index is 0.00161. The van der Waals surface area contributed by atoms with Crippen molar-refractivity contribution in [2.24, 2.45) is 11.7 Å². The van der Waals surface area contributed by atoms with E-state index in [9.17, 15) is 14.0 Å². The molecule has 1 aromatic carbocycles. The summed E-state index contributed by atoms with van der Waals surface area (Å²) < 4.78 is 18.5. The summed E-state index contributed by atoms with van der Waals surface area (Å²) in [5.74, 6) is -1.53. The van der Waals surface area contributed by atoms with Gasteiger partial charge in [-0.2, -0.15) is 0 Å². The summed E-state index contributed by atoms with van der Waals surface area (Å²) in [6.45, 7) is 2.19. The SMILES string of the molecule is COc1ccc(C(=O)N2CC(C(N)=O)CCC2C)cc1F. The number of rotatable bonds is 3. The molecular weight excluding hydrogens is 275 g/mol. The number of hydrogen-bond donors (Lipinski definition) is 1. The molecule has 2 N–H and O–H groups in total. The summed E-state index contributed by atoms with van der Waals surface area (Å²) in [4.78, 5) is 25.4. The third-order valence-corrected chi connectivity index (χ3v) is 3.94. The molecule has 0 radical (unpaired) electrons. The number of carbonyl (C=O) groups is 2. The monoisotopic (exact) mass is 294 g/mol. The fourth-order valence-corrected chi connectivity index (χ4v) is 2.59. The molecule has 0 saturated carbocycles. The fraction of sp³-hybridized carbons (Fsp3) is 0.467. The van der Waals surface area contributed by atoms with Crippen molar-refractivity contribution in [2.75, 3.05) is 13.7 Å². The van der Waals surface area contributed by atoms with Gasteiger partial charge >= 0.3 is 0 Å². The average Bonchev–Trinajstić information content (AvgIpc) is 2.46. The summed E-state index contributed by atoms with van der Waals surface area (Å²) in [6, 6.07) is 4.09. The molecule has 1 aliphatic rings. The van der Waals surface area contributed by atoms with Crippen LogP contribution in [0.15, 0.2) is 18.2 Å². The number of ether oxygens (including phenoxy) is 1. The van der Waals surface area contributed by atoms with Crippen LogP contribution in [0.4, 0.5) is 4.39 Å². The highest BCUT2D eigenvalue weighted by Gasteiger charge is 2.32. The van der Waals surface area contributed by atoms with Crippen LogP contribution in [0.3, 0.4) is 0 Å². The molecular formula is C15H19FN2O3. The van der Waals surface area contributed by atoms with Crippen LogP contribution in [-0.4, -0.2) is 36.4 Å². The number of likely N-dealkylation sites (tertiary alicyclic amines) is 1. The molecule has 2 amide bonds. The minimum atomic E-state index is -0.584. The van der Waals surface area contributed by atoms with Crippen LogP contribution < -0.4 is 10.5 Å². The van der Waals surface area contributed by atoms with Crippen LogP contribution in [0.1, 0.15) is 30.1 Å². The number of nitrogens with two attached hydrogens (primary N) is 1. The van der Waals surface area contributed by atoms with Crippen molar-refractivity contribution in [1.82, 2.24) is 4.90 Å². The van der Waals surface area contributed by atoms with Crippen molar-refractivity contribution in [2.45, 2.75) is 25.8 Å². The second-order valence-corrected chi connectivity index (χ2v) is 5.33. The highest BCUT2D eigenvalue weighted by atomic mass is 19.1. The molecule has 2 atom stereocenters. The van der Waals surface area contributed by atoms with E-state index in [2.05, 4.69) is 0 Å². The second kappa shape index (κ2) is 6.11. The van der Waals surface area contributed by atoms with E-state index >= 15 is 0 Å². The summed E-state index contributed by atoms with van der Waals surface area (Å²) in [6.07, 6.45) is 1.38. The number of piperidine rings is 1. The molecule has 0 spiro atoms. The van der Waals surface area contributed by atoms with Crippen molar-refractivity contribution in [3.05, 3.63) is 29.6 Å². The number of carbonyl (C=O) groups excluding carboxylic acids is 2. The van der Waals surface area contributed by atoms with Gasteiger partial charge in [0.05, 0.1) is 13.0 Å². The van der Waals surface area contributed by atoms with Gasteiger partial charge in [-0.1, -0.05) is 0 Å². The maximum atomic E-state index is 13.7. The van der Waals surface area contributed by atoms with E-state index in [1.165, 1.54) is 19.2 Å². The lowest BCUT2D eigenvalue weighted by atomic mass is 9.92.